The molecule has 11 heteroatoms. The van der Waals surface area contributed by atoms with E-state index in [2.05, 4.69) is 4.99 Å². The second-order valence-electron chi connectivity index (χ2n) is 10.1. The van der Waals surface area contributed by atoms with E-state index < -0.39 is 46.9 Å². The van der Waals surface area contributed by atoms with Gasteiger partial charge in [0.2, 0.25) is 0 Å². The van der Waals surface area contributed by atoms with Crippen LogP contribution in [0.2, 0.25) is 0 Å². The van der Waals surface area contributed by atoms with Crippen LogP contribution in [-0.4, -0.2) is 51.8 Å². The number of benzene rings is 1. The monoisotopic (exact) mass is 486 g/mol. The minimum absolute atomic E-state index is 0. The molecule has 0 saturated heterocycles. The predicted molar refractivity (Wildman–Crippen MR) is 118 cm³/mol. The molecule has 0 bridgehead atoms. The molecule has 0 N–H and O–H groups in total. The molecule has 0 heterocycles. The van der Waals surface area contributed by atoms with Gasteiger partial charge in [-0.2, -0.15) is 9.89 Å². The van der Waals surface area contributed by atoms with Crippen molar-refractivity contribution in [3.63, 3.8) is 0 Å². The van der Waals surface area contributed by atoms with Gasteiger partial charge in [0.1, 0.15) is 16.8 Å². The first-order chi connectivity index (χ1) is 14.8. The number of carbonyl (C=O) groups is 4. The fourth-order valence-electron chi connectivity index (χ4n) is 2.23. The first-order valence-electron chi connectivity index (χ1n) is 10.2. The molecule has 1 aromatic rings. The molecule has 0 radical (unpaired) electrons. The third-order valence-corrected chi connectivity index (χ3v) is 3.33. The summed E-state index contributed by atoms with van der Waals surface area (Å²) >= 11 is 0. The Bertz CT molecular complexity index is 908. The van der Waals surface area contributed by atoms with Crippen molar-refractivity contribution in [2.75, 3.05) is 0 Å². The second-order valence-corrected chi connectivity index (χ2v) is 10.1. The quantitative estimate of drug-likeness (QED) is 0.261. The van der Waals surface area contributed by atoms with E-state index in [1.165, 1.54) is 24.3 Å². The van der Waals surface area contributed by atoms with Gasteiger partial charge in [0, 0.05) is 5.56 Å². The van der Waals surface area contributed by atoms with E-state index in [9.17, 15) is 24.3 Å². The largest absolute Gasteiger partial charge is 1.00 e. The molecule has 0 fully saturated rings. The standard InChI is InChI=1S/C23H32N2O8.Na/c1-21(2,3)31-18(28)24-16(14-10-12-15(13-11-14)17(26)27)25(19(29)32-22(4,5)6)20(30)33-23(7,8)9;/h10-13H,1-9H3,(H,26,27);/q;+1/p-1. The summed E-state index contributed by atoms with van der Waals surface area (Å²) in [5, 5.41) is 11.1. The number of nitrogens with zero attached hydrogens (tertiary/aromatic N) is 2. The second kappa shape index (κ2) is 11.8. The van der Waals surface area contributed by atoms with Crippen LogP contribution in [0.15, 0.2) is 29.3 Å². The Morgan fingerprint density at radius 2 is 1.06 bits per heavy atom. The smallest absolute Gasteiger partial charge is 0.545 e. The molecule has 182 valence electrons. The maximum Gasteiger partial charge on any atom is 1.00 e. The van der Waals surface area contributed by atoms with E-state index in [-0.39, 0.29) is 40.7 Å². The summed E-state index contributed by atoms with van der Waals surface area (Å²) in [6.07, 6.45) is -3.38. The Labute approximate surface area is 221 Å². The number of hydrogen-bond donors (Lipinski definition) is 0. The van der Waals surface area contributed by atoms with Crippen LogP contribution in [0.4, 0.5) is 14.4 Å². The Morgan fingerprint density at radius 3 is 1.38 bits per heavy atom. The fourth-order valence-corrected chi connectivity index (χ4v) is 2.23. The van der Waals surface area contributed by atoms with Gasteiger partial charge < -0.3 is 24.1 Å². The average molecular weight is 486 g/mol. The van der Waals surface area contributed by atoms with Crippen LogP contribution < -0.4 is 34.7 Å². The van der Waals surface area contributed by atoms with Crippen molar-refractivity contribution >= 4 is 30.1 Å². The van der Waals surface area contributed by atoms with Crippen LogP contribution in [0, 0.1) is 0 Å². The first kappa shape index (κ1) is 31.6. The van der Waals surface area contributed by atoms with Crippen LogP contribution in [0.5, 0.6) is 0 Å². The van der Waals surface area contributed by atoms with Gasteiger partial charge >= 0.3 is 47.8 Å². The van der Waals surface area contributed by atoms with Gasteiger partial charge in [-0.25, -0.2) is 14.4 Å². The normalized spacial score (nSPS) is 12.2. The van der Waals surface area contributed by atoms with Crippen LogP contribution in [-0.2, 0) is 14.2 Å². The van der Waals surface area contributed by atoms with Crippen molar-refractivity contribution in [3.05, 3.63) is 35.4 Å². The Balaban J connectivity index is 0.0000109. The molecule has 0 aliphatic carbocycles. The summed E-state index contributed by atoms with van der Waals surface area (Å²) in [5.41, 5.74) is -2.99. The maximum atomic E-state index is 13.0. The Kier molecular flexibility index (Phi) is 11.0. The topological polar surface area (TPSA) is 135 Å². The van der Waals surface area contributed by atoms with E-state index in [1.807, 2.05) is 0 Å². The summed E-state index contributed by atoms with van der Waals surface area (Å²) in [6, 6.07) is 4.88. The molecule has 1 aromatic carbocycles. The number of aromatic carboxylic acids is 1. The SMILES string of the molecule is CC(C)(C)OC(=O)N=C(c1ccc(C(=O)[O-])cc1)N(C(=O)OC(C)(C)C)C(=O)OC(C)(C)C.[Na+]. The molecule has 1 rings (SSSR count). The van der Waals surface area contributed by atoms with E-state index in [1.54, 1.807) is 62.3 Å². The molecule has 0 aliphatic rings. The Morgan fingerprint density at radius 1 is 0.706 bits per heavy atom. The molecule has 10 nitrogen and oxygen atoms in total. The minimum atomic E-state index is -1.43. The third-order valence-electron chi connectivity index (χ3n) is 3.33. The number of carboxylic acid groups (broad SMARTS) is 1. The van der Waals surface area contributed by atoms with Crippen LogP contribution in [0.1, 0.15) is 78.2 Å². The molecule has 0 unspecified atom stereocenters. The molecule has 0 spiro atoms. The minimum Gasteiger partial charge on any atom is -0.545 e. The van der Waals surface area contributed by atoms with E-state index in [0.717, 1.165) is 0 Å². The van der Waals surface area contributed by atoms with Crippen molar-refractivity contribution < 1.29 is 68.1 Å². The molecule has 3 amide bonds. The molecular formula is C23H31N2NaO8. The number of aliphatic imine (C=N–C) groups is 1. The molecule has 0 aromatic heterocycles. The summed E-state index contributed by atoms with van der Waals surface area (Å²) in [4.78, 5) is 53.9. The first-order valence-corrected chi connectivity index (χ1v) is 10.2. The summed E-state index contributed by atoms with van der Waals surface area (Å²) in [5.74, 6) is -1.89. The van der Waals surface area contributed by atoms with Gasteiger partial charge in [-0.3, -0.25) is 0 Å². The number of carboxylic acids is 1. The number of rotatable bonds is 2. The fraction of sp³-hybridized carbons (Fsp3) is 0.522. The molecule has 0 saturated carbocycles. The Hall–Kier alpha value is -2.43. The number of amidine groups is 1. The van der Waals surface area contributed by atoms with Crippen LogP contribution in [0.25, 0.3) is 0 Å². The van der Waals surface area contributed by atoms with Gasteiger partial charge in [0.25, 0.3) is 0 Å². The molecular weight excluding hydrogens is 455 g/mol. The number of ether oxygens (including phenoxy) is 3. The maximum absolute atomic E-state index is 13.0. The molecule has 0 atom stereocenters. The number of imide groups is 1. The third kappa shape index (κ3) is 11.1. The summed E-state index contributed by atoms with van der Waals surface area (Å²) < 4.78 is 15.9. The molecule has 34 heavy (non-hydrogen) atoms. The van der Waals surface area contributed by atoms with Crippen LogP contribution in [0.3, 0.4) is 0 Å². The summed E-state index contributed by atoms with van der Waals surface area (Å²) in [7, 11) is 0. The van der Waals surface area contributed by atoms with Gasteiger partial charge in [0.15, 0.2) is 5.84 Å². The van der Waals surface area contributed by atoms with Gasteiger partial charge in [-0.1, -0.05) is 24.3 Å². The van der Waals surface area contributed by atoms with Crippen molar-refractivity contribution in [2.45, 2.75) is 79.1 Å². The number of amides is 3. The van der Waals surface area contributed by atoms with E-state index >= 15 is 0 Å². The van der Waals surface area contributed by atoms with E-state index in [0.29, 0.717) is 4.90 Å². The van der Waals surface area contributed by atoms with Crippen molar-refractivity contribution in [1.29, 1.82) is 0 Å². The van der Waals surface area contributed by atoms with E-state index in [4.69, 9.17) is 14.2 Å². The van der Waals surface area contributed by atoms with Crippen molar-refractivity contribution in [3.8, 4) is 0 Å². The summed E-state index contributed by atoms with van der Waals surface area (Å²) in [6.45, 7) is 14.4. The van der Waals surface area contributed by atoms with Crippen molar-refractivity contribution in [2.24, 2.45) is 4.99 Å². The van der Waals surface area contributed by atoms with Gasteiger partial charge in [-0.05, 0) is 67.9 Å². The van der Waals surface area contributed by atoms with Gasteiger partial charge in [-0.15, -0.1) is 0 Å². The van der Waals surface area contributed by atoms with Crippen LogP contribution >= 0.6 is 0 Å². The van der Waals surface area contributed by atoms with Gasteiger partial charge in [0.05, 0.1) is 5.97 Å². The molecule has 0 aliphatic heterocycles. The zero-order chi connectivity index (χ0) is 25.8. The zero-order valence-corrected chi connectivity index (χ0v) is 23.5. The zero-order valence-electron chi connectivity index (χ0n) is 21.5. The predicted octanol–water partition coefficient (Wildman–Crippen LogP) is 0.908. The van der Waals surface area contributed by atoms with Crippen molar-refractivity contribution in [1.82, 2.24) is 4.90 Å². The number of hydrogen-bond acceptors (Lipinski definition) is 8. The number of carbonyl (C=O) groups excluding carboxylic acids is 4. The average Bonchev–Trinajstić information content (AvgIpc) is 2.56.